The highest BCUT2D eigenvalue weighted by Gasteiger charge is 2.25. The molecule has 23 heavy (non-hydrogen) atoms. The van der Waals surface area contributed by atoms with Crippen LogP contribution in [0.5, 0.6) is 0 Å². The van der Waals surface area contributed by atoms with E-state index in [-0.39, 0.29) is 30.6 Å². The molecule has 1 aliphatic heterocycles. The molecule has 1 heterocycles. The molecule has 1 saturated heterocycles. The molecule has 3 rings (SSSR count). The van der Waals surface area contributed by atoms with Crippen molar-refractivity contribution < 1.29 is 9.90 Å². The second kappa shape index (κ2) is 7.23. The molecule has 2 amide bonds. The normalized spacial score (nSPS) is 26.5. The first-order valence-corrected chi connectivity index (χ1v) is 8.38. The molecule has 0 radical (unpaired) electrons. The summed E-state index contributed by atoms with van der Waals surface area (Å²) in [4.78, 5) is 14.3. The minimum Gasteiger partial charge on any atom is -0.396 e. The predicted octanol–water partition coefficient (Wildman–Crippen LogP) is 2.15. The van der Waals surface area contributed by atoms with Crippen LogP contribution in [0, 0.1) is 5.92 Å². The van der Waals surface area contributed by atoms with Gasteiger partial charge >= 0.3 is 6.03 Å². The average molecular weight is 336 g/mol. The van der Waals surface area contributed by atoms with Gasteiger partial charge in [0.25, 0.3) is 0 Å². The highest BCUT2D eigenvalue weighted by molar-refractivity contribution is 6.30. The van der Waals surface area contributed by atoms with Gasteiger partial charge in [-0.05, 0) is 31.0 Å². The Kier molecular flexibility index (Phi) is 5.08. The summed E-state index contributed by atoms with van der Waals surface area (Å²) >= 11 is 6.03. The first kappa shape index (κ1) is 16.1. The summed E-state index contributed by atoms with van der Waals surface area (Å²) in [6.07, 6.45) is 5.59. The number of benzene rings is 1. The van der Waals surface area contributed by atoms with Crippen LogP contribution in [-0.4, -0.2) is 42.9 Å². The van der Waals surface area contributed by atoms with E-state index >= 15 is 0 Å². The molecule has 0 spiro atoms. The summed E-state index contributed by atoms with van der Waals surface area (Å²) in [7, 11) is 0. The molecule has 1 fully saturated rings. The Morgan fingerprint density at radius 1 is 1.35 bits per heavy atom. The van der Waals surface area contributed by atoms with Gasteiger partial charge in [-0.3, -0.25) is 0 Å². The van der Waals surface area contributed by atoms with Crippen molar-refractivity contribution in [3.05, 3.63) is 41.4 Å². The number of carbonyl (C=O) groups is 1. The summed E-state index contributed by atoms with van der Waals surface area (Å²) < 4.78 is 0. The lowest BCUT2D eigenvalue weighted by Gasteiger charge is -2.20. The third kappa shape index (κ3) is 4.18. The molecule has 0 bridgehead atoms. The smallest absolute Gasteiger partial charge is 0.315 e. The van der Waals surface area contributed by atoms with E-state index in [0.717, 1.165) is 36.6 Å². The van der Waals surface area contributed by atoms with E-state index in [4.69, 9.17) is 16.7 Å². The Bertz CT molecular complexity index is 593. The number of urea groups is 1. The number of aliphatic hydroxyl groups is 1. The van der Waals surface area contributed by atoms with Crippen molar-refractivity contribution in [3.63, 3.8) is 0 Å². The number of hydrogen-bond donors (Lipinski definition) is 3. The van der Waals surface area contributed by atoms with Gasteiger partial charge in [0.1, 0.15) is 0 Å². The molecule has 0 saturated carbocycles. The zero-order chi connectivity index (χ0) is 16.2. The third-order valence-corrected chi connectivity index (χ3v) is 4.66. The van der Waals surface area contributed by atoms with Gasteiger partial charge in [0, 0.05) is 48.4 Å². The van der Waals surface area contributed by atoms with Crippen LogP contribution in [0.15, 0.2) is 36.4 Å². The number of nitrogens with one attached hydrogen (secondary N) is 2. The number of halogens is 1. The van der Waals surface area contributed by atoms with Crippen molar-refractivity contribution >= 4 is 23.3 Å². The monoisotopic (exact) mass is 335 g/mol. The van der Waals surface area contributed by atoms with Crippen LogP contribution in [0.3, 0.4) is 0 Å². The van der Waals surface area contributed by atoms with Gasteiger partial charge in [-0.25, -0.2) is 4.79 Å². The van der Waals surface area contributed by atoms with Gasteiger partial charge < -0.3 is 20.6 Å². The standard InChI is InChI=1S/C17H22ClN3O2/c18-13-2-1-3-16(9-13)21-7-6-15(10-21)20-17(23)19-14-5-4-12(8-14)11-22/h1-5,9,12,14-15,22H,6-8,10-11H2,(H2,19,20,23)/t12-,14+,15-/m0/s1. The van der Waals surface area contributed by atoms with Gasteiger partial charge in [-0.1, -0.05) is 29.8 Å². The number of carbonyl (C=O) groups excluding carboxylic acids is 1. The maximum atomic E-state index is 12.1. The lowest BCUT2D eigenvalue weighted by molar-refractivity contribution is 0.229. The molecule has 3 N–H and O–H groups in total. The number of anilines is 1. The van der Waals surface area contributed by atoms with E-state index in [1.54, 1.807) is 0 Å². The lowest BCUT2D eigenvalue weighted by atomic mass is 10.1. The van der Waals surface area contributed by atoms with Gasteiger partial charge in [-0.2, -0.15) is 0 Å². The van der Waals surface area contributed by atoms with E-state index in [1.807, 2.05) is 36.4 Å². The first-order chi connectivity index (χ1) is 11.1. The molecule has 0 aromatic heterocycles. The fraction of sp³-hybridized carbons (Fsp3) is 0.471. The van der Waals surface area contributed by atoms with Crippen LogP contribution in [0.1, 0.15) is 12.8 Å². The molecule has 0 unspecified atom stereocenters. The highest BCUT2D eigenvalue weighted by Crippen LogP contribution is 2.23. The van der Waals surface area contributed by atoms with Gasteiger partial charge in [0.2, 0.25) is 0 Å². The molecule has 1 aromatic carbocycles. The third-order valence-electron chi connectivity index (χ3n) is 4.42. The molecule has 124 valence electrons. The van der Waals surface area contributed by atoms with E-state index < -0.39 is 0 Å². The lowest BCUT2D eigenvalue weighted by Crippen LogP contribution is -2.46. The molecule has 3 atom stereocenters. The number of nitrogens with zero attached hydrogens (tertiary/aromatic N) is 1. The topological polar surface area (TPSA) is 64.6 Å². The van der Waals surface area contributed by atoms with Crippen molar-refractivity contribution in [1.82, 2.24) is 10.6 Å². The highest BCUT2D eigenvalue weighted by atomic mass is 35.5. The molecule has 6 heteroatoms. The Morgan fingerprint density at radius 2 is 2.22 bits per heavy atom. The van der Waals surface area contributed by atoms with E-state index in [2.05, 4.69) is 15.5 Å². The van der Waals surface area contributed by atoms with Gasteiger partial charge in [0.05, 0.1) is 0 Å². The average Bonchev–Trinajstić information content (AvgIpc) is 3.16. The molecule has 5 nitrogen and oxygen atoms in total. The van der Waals surface area contributed by atoms with Crippen molar-refractivity contribution in [2.24, 2.45) is 5.92 Å². The minimum atomic E-state index is -0.142. The van der Waals surface area contributed by atoms with Crippen molar-refractivity contribution in [2.75, 3.05) is 24.6 Å². The van der Waals surface area contributed by atoms with Gasteiger partial charge in [-0.15, -0.1) is 0 Å². The van der Waals surface area contributed by atoms with Crippen molar-refractivity contribution in [1.29, 1.82) is 0 Å². The molecule has 1 aliphatic carbocycles. The van der Waals surface area contributed by atoms with Crippen LogP contribution in [0.4, 0.5) is 10.5 Å². The maximum Gasteiger partial charge on any atom is 0.315 e. The first-order valence-electron chi connectivity index (χ1n) is 8.01. The molecular weight excluding hydrogens is 314 g/mol. The number of hydrogen-bond acceptors (Lipinski definition) is 3. The Labute approximate surface area is 141 Å². The van der Waals surface area contributed by atoms with Crippen LogP contribution in [0.2, 0.25) is 5.02 Å². The molecular formula is C17H22ClN3O2. The minimum absolute atomic E-state index is 0.0117. The summed E-state index contributed by atoms with van der Waals surface area (Å²) in [6, 6.07) is 7.78. The SMILES string of the molecule is O=C(N[C@H]1CCN(c2cccc(Cl)c2)C1)N[C@@H]1C=C[C@H](CO)C1. The maximum absolute atomic E-state index is 12.1. The summed E-state index contributed by atoms with van der Waals surface area (Å²) in [5, 5.41) is 15.8. The Morgan fingerprint density at radius 3 is 2.96 bits per heavy atom. The van der Waals surface area contributed by atoms with Crippen LogP contribution < -0.4 is 15.5 Å². The Hall–Kier alpha value is -1.72. The van der Waals surface area contributed by atoms with Crippen molar-refractivity contribution in [3.8, 4) is 0 Å². The van der Waals surface area contributed by atoms with E-state index in [0.29, 0.717) is 0 Å². The summed E-state index contributed by atoms with van der Waals surface area (Å²) in [5.74, 6) is 0.158. The Balaban J connectivity index is 1.46. The molecule has 1 aromatic rings. The quantitative estimate of drug-likeness (QED) is 0.739. The van der Waals surface area contributed by atoms with E-state index in [9.17, 15) is 4.79 Å². The number of rotatable bonds is 4. The predicted molar refractivity (Wildman–Crippen MR) is 91.9 cm³/mol. The van der Waals surface area contributed by atoms with Crippen LogP contribution >= 0.6 is 11.6 Å². The fourth-order valence-electron chi connectivity index (χ4n) is 3.20. The largest absolute Gasteiger partial charge is 0.396 e. The van der Waals surface area contributed by atoms with Crippen molar-refractivity contribution in [2.45, 2.75) is 24.9 Å². The second-order valence-electron chi connectivity index (χ2n) is 6.20. The fourth-order valence-corrected chi connectivity index (χ4v) is 3.38. The second-order valence-corrected chi connectivity index (χ2v) is 6.64. The zero-order valence-electron chi connectivity index (χ0n) is 12.9. The van der Waals surface area contributed by atoms with Crippen LogP contribution in [-0.2, 0) is 0 Å². The number of aliphatic hydroxyl groups excluding tert-OH is 1. The van der Waals surface area contributed by atoms with E-state index in [1.165, 1.54) is 0 Å². The zero-order valence-corrected chi connectivity index (χ0v) is 13.7. The molecule has 2 aliphatic rings. The number of amides is 2. The summed E-state index contributed by atoms with van der Waals surface area (Å²) in [6.45, 7) is 1.82. The summed E-state index contributed by atoms with van der Waals surface area (Å²) in [5.41, 5.74) is 1.09. The van der Waals surface area contributed by atoms with Crippen LogP contribution in [0.25, 0.3) is 0 Å². The van der Waals surface area contributed by atoms with Gasteiger partial charge in [0.15, 0.2) is 0 Å².